The van der Waals surface area contributed by atoms with Gasteiger partial charge in [0.2, 0.25) is 0 Å². The second-order valence-corrected chi connectivity index (χ2v) is 8.43. The average Bonchev–Trinajstić information content (AvgIpc) is 2.63. The Morgan fingerprint density at radius 1 is 0.913 bits per heavy atom. The lowest BCUT2D eigenvalue weighted by Crippen LogP contribution is -2.30. The Labute approximate surface area is 137 Å². The molecule has 0 amide bonds. The standard InChI is InChI=1S/C19H19N2OP/c1-2-9-19(16(14-20)15-21)23(22,17-10-5-3-6-11-17)18-12-7-4-8-13-18/h3-8,10-13,16,19H,2,9H2,1H3. The van der Waals surface area contributed by atoms with E-state index in [9.17, 15) is 15.1 Å². The van der Waals surface area contributed by atoms with Crippen LogP contribution >= 0.6 is 7.14 Å². The molecule has 0 aliphatic carbocycles. The molecular weight excluding hydrogens is 303 g/mol. The van der Waals surface area contributed by atoms with Gasteiger partial charge in [-0.1, -0.05) is 74.0 Å². The van der Waals surface area contributed by atoms with Crippen molar-refractivity contribution in [2.45, 2.75) is 25.4 Å². The first kappa shape index (κ1) is 17.0. The third-order valence-corrected chi connectivity index (χ3v) is 7.61. The van der Waals surface area contributed by atoms with Gasteiger partial charge in [0.15, 0.2) is 0 Å². The smallest absolute Gasteiger partial charge is 0.148 e. The van der Waals surface area contributed by atoms with Crippen LogP contribution < -0.4 is 10.6 Å². The molecule has 0 aliphatic heterocycles. The minimum Gasteiger partial charge on any atom is -0.313 e. The van der Waals surface area contributed by atoms with Crippen LogP contribution in [-0.4, -0.2) is 5.66 Å². The van der Waals surface area contributed by atoms with Crippen molar-refractivity contribution in [3.05, 3.63) is 60.7 Å². The summed E-state index contributed by atoms with van der Waals surface area (Å²) in [6.07, 6.45) is 1.35. The van der Waals surface area contributed by atoms with Gasteiger partial charge >= 0.3 is 0 Å². The highest BCUT2D eigenvalue weighted by molar-refractivity contribution is 7.79. The summed E-state index contributed by atoms with van der Waals surface area (Å²) in [6.45, 7) is 1.99. The van der Waals surface area contributed by atoms with Gasteiger partial charge in [0.1, 0.15) is 13.1 Å². The highest BCUT2D eigenvalue weighted by Gasteiger charge is 2.41. The van der Waals surface area contributed by atoms with Gasteiger partial charge in [-0.15, -0.1) is 0 Å². The zero-order chi connectivity index (χ0) is 16.7. The van der Waals surface area contributed by atoms with Crippen molar-refractivity contribution in [1.29, 1.82) is 10.5 Å². The van der Waals surface area contributed by atoms with Crippen LogP contribution in [0.5, 0.6) is 0 Å². The van der Waals surface area contributed by atoms with Gasteiger partial charge < -0.3 is 4.57 Å². The quantitative estimate of drug-likeness (QED) is 0.759. The fourth-order valence-corrected chi connectivity index (χ4v) is 6.36. The predicted molar refractivity (Wildman–Crippen MR) is 93.2 cm³/mol. The third-order valence-electron chi connectivity index (χ3n) is 3.99. The number of hydrogen-bond donors (Lipinski definition) is 0. The Balaban J connectivity index is 2.69. The number of nitriles is 2. The fourth-order valence-electron chi connectivity index (χ4n) is 2.89. The van der Waals surface area contributed by atoms with Gasteiger partial charge in [-0.3, -0.25) is 0 Å². The van der Waals surface area contributed by atoms with Crippen molar-refractivity contribution in [3.8, 4) is 12.1 Å². The van der Waals surface area contributed by atoms with Gasteiger partial charge in [-0.05, 0) is 6.42 Å². The van der Waals surface area contributed by atoms with E-state index in [-0.39, 0.29) is 0 Å². The van der Waals surface area contributed by atoms with Gasteiger partial charge in [-0.25, -0.2) is 0 Å². The molecule has 0 aromatic heterocycles. The monoisotopic (exact) mass is 322 g/mol. The molecule has 0 aliphatic rings. The van der Waals surface area contributed by atoms with Crippen LogP contribution in [0.25, 0.3) is 0 Å². The molecule has 0 bridgehead atoms. The van der Waals surface area contributed by atoms with E-state index in [0.29, 0.717) is 17.0 Å². The van der Waals surface area contributed by atoms with Crippen LogP contribution in [0.1, 0.15) is 19.8 Å². The van der Waals surface area contributed by atoms with E-state index in [2.05, 4.69) is 0 Å². The van der Waals surface area contributed by atoms with Crippen molar-refractivity contribution < 1.29 is 4.57 Å². The zero-order valence-electron chi connectivity index (χ0n) is 13.1. The minimum absolute atomic E-state index is 0.493. The van der Waals surface area contributed by atoms with Gasteiger partial charge in [0.25, 0.3) is 0 Å². The molecule has 0 spiro atoms. The minimum atomic E-state index is -3.08. The van der Waals surface area contributed by atoms with E-state index in [4.69, 9.17) is 0 Å². The first-order valence-corrected chi connectivity index (χ1v) is 9.46. The first-order valence-electron chi connectivity index (χ1n) is 7.68. The average molecular weight is 322 g/mol. The Kier molecular flexibility index (Phi) is 5.75. The van der Waals surface area contributed by atoms with E-state index in [1.807, 2.05) is 79.7 Å². The van der Waals surface area contributed by atoms with Crippen LogP contribution in [0, 0.1) is 28.6 Å². The lowest BCUT2D eigenvalue weighted by molar-refractivity contribution is 0.558. The molecule has 0 saturated carbocycles. The second kappa shape index (κ2) is 7.77. The number of benzene rings is 2. The summed E-state index contributed by atoms with van der Waals surface area (Å²) in [5, 5.41) is 20.2. The lowest BCUT2D eigenvalue weighted by Gasteiger charge is -2.29. The van der Waals surface area contributed by atoms with E-state index in [0.717, 1.165) is 6.42 Å². The van der Waals surface area contributed by atoms with Crippen LogP contribution in [0.3, 0.4) is 0 Å². The molecule has 0 N–H and O–H groups in total. The van der Waals surface area contributed by atoms with Crippen LogP contribution in [0.4, 0.5) is 0 Å². The van der Waals surface area contributed by atoms with E-state index in [1.165, 1.54) is 0 Å². The van der Waals surface area contributed by atoms with E-state index in [1.54, 1.807) is 0 Å². The Morgan fingerprint density at radius 2 is 1.35 bits per heavy atom. The molecule has 1 unspecified atom stereocenters. The number of rotatable bonds is 6. The van der Waals surface area contributed by atoms with E-state index >= 15 is 0 Å². The second-order valence-electron chi connectivity index (χ2n) is 5.42. The maximum atomic E-state index is 14.2. The summed E-state index contributed by atoms with van der Waals surface area (Å²) in [7, 11) is -3.08. The predicted octanol–water partition coefficient (Wildman–Crippen LogP) is 3.83. The molecule has 0 saturated heterocycles. The summed E-state index contributed by atoms with van der Waals surface area (Å²) in [5.74, 6) is -0.888. The van der Waals surface area contributed by atoms with Crippen molar-refractivity contribution in [1.82, 2.24) is 0 Å². The molecule has 2 rings (SSSR count). The molecule has 1 atom stereocenters. The van der Waals surface area contributed by atoms with Crippen LogP contribution in [-0.2, 0) is 4.57 Å². The summed E-state index contributed by atoms with van der Waals surface area (Å²) < 4.78 is 14.2. The van der Waals surface area contributed by atoms with Crippen LogP contribution in [0.15, 0.2) is 60.7 Å². The molecule has 0 fully saturated rings. The molecule has 23 heavy (non-hydrogen) atoms. The topological polar surface area (TPSA) is 64.7 Å². The SMILES string of the molecule is CCCC(C(C#N)C#N)P(=O)(c1ccccc1)c1ccccc1. The molecule has 2 aromatic carbocycles. The maximum Gasteiger partial charge on any atom is 0.148 e. The Bertz CT molecular complexity index is 702. The number of nitrogens with zero attached hydrogens (tertiary/aromatic N) is 2. The Morgan fingerprint density at radius 3 is 1.70 bits per heavy atom. The molecule has 0 radical (unpaired) electrons. The lowest BCUT2D eigenvalue weighted by atomic mass is 10.1. The number of hydrogen-bond acceptors (Lipinski definition) is 3. The summed E-state index contributed by atoms with van der Waals surface area (Å²) in [5.41, 5.74) is -0.493. The largest absolute Gasteiger partial charge is 0.313 e. The first-order chi connectivity index (χ1) is 11.2. The van der Waals surface area contributed by atoms with Crippen molar-refractivity contribution >= 4 is 17.8 Å². The van der Waals surface area contributed by atoms with Crippen molar-refractivity contribution in [2.24, 2.45) is 5.92 Å². The normalized spacial score (nSPS) is 12.3. The molecule has 3 nitrogen and oxygen atoms in total. The molecule has 4 heteroatoms. The highest BCUT2D eigenvalue weighted by atomic mass is 31.2. The molecule has 116 valence electrons. The summed E-state index contributed by atoms with van der Waals surface area (Å²) >= 11 is 0. The summed E-state index contributed by atoms with van der Waals surface area (Å²) in [6, 6.07) is 22.6. The fraction of sp³-hybridized carbons (Fsp3) is 0.263. The molecule has 0 heterocycles. The van der Waals surface area contributed by atoms with Gasteiger partial charge in [-0.2, -0.15) is 10.5 Å². The molecule has 2 aromatic rings. The summed E-state index contributed by atoms with van der Waals surface area (Å²) in [4.78, 5) is 0. The Hall–Kier alpha value is -2.35. The molecular formula is C19H19N2OP. The van der Waals surface area contributed by atoms with E-state index < -0.39 is 18.7 Å². The maximum absolute atomic E-state index is 14.2. The van der Waals surface area contributed by atoms with Gasteiger partial charge in [0, 0.05) is 16.3 Å². The highest BCUT2D eigenvalue weighted by Crippen LogP contribution is 2.53. The van der Waals surface area contributed by atoms with Crippen LogP contribution in [0.2, 0.25) is 0 Å². The van der Waals surface area contributed by atoms with Crippen molar-refractivity contribution in [2.75, 3.05) is 0 Å². The zero-order valence-corrected chi connectivity index (χ0v) is 14.0. The van der Waals surface area contributed by atoms with Gasteiger partial charge in [0.05, 0.1) is 12.1 Å². The third kappa shape index (κ3) is 3.37. The van der Waals surface area contributed by atoms with Crippen molar-refractivity contribution in [3.63, 3.8) is 0 Å².